The normalized spacial score (nSPS) is 18.7. The predicted molar refractivity (Wildman–Crippen MR) is 87.4 cm³/mol. The van der Waals surface area contributed by atoms with E-state index in [0.717, 1.165) is 23.5 Å². The van der Waals surface area contributed by atoms with Gasteiger partial charge in [0.1, 0.15) is 9.77 Å². The lowest BCUT2D eigenvalue weighted by Crippen LogP contribution is -2.29. The topological polar surface area (TPSA) is 75.3 Å². The Morgan fingerprint density at radius 3 is 2.75 bits per heavy atom. The number of nitrogens with one attached hydrogen (secondary N) is 2. The van der Waals surface area contributed by atoms with Crippen LogP contribution in [0.5, 0.6) is 0 Å². The highest BCUT2D eigenvalue weighted by molar-refractivity contribution is 7.89. The van der Waals surface area contributed by atoms with Crippen LogP contribution in [0, 0.1) is 11.6 Å². The molecule has 3 rings (SSSR count). The molecule has 2 heterocycles. The van der Waals surface area contributed by atoms with Crippen molar-refractivity contribution in [3.63, 3.8) is 0 Å². The largest absolute Gasteiger partial charge is 0.321 e. The molecule has 0 saturated heterocycles. The first-order valence-electron chi connectivity index (χ1n) is 6.86. The van der Waals surface area contributed by atoms with Crippen molar-refractivity contribution >= 4 is 39.0 Å². The number of carbonyl (C=O) groups excluding carboxylic acids is 1. The van der Waals surface area contributed by atoms with E-state index in [1.807, 2.05) is 0 Å². The van der Waals surface area contributed by atoms with Crippen LogP contribution in [-0.4, -0.2) is 20.4 Å². The Balaban J connectivity index is 1.96. The number of carbonyl (C=O) groups is 1. The van der Waals surface area contributed by atoms with Gasteiger partial charge in [-0.3, -0.25) is 4.79 Å². The SMILES string of the molecule is CC1C=Cc2c(csc2C(=O)Nc2ccc(F)c(F)c2)S(=O)(=O)N1. The average Bonchev–Trinajstić information content (AvgIpc) is 2.89. The molecule has 0 bridgehead atoms. The van der Waals surface area contributed by atoms with E-state index in [9.17, 15) is 22.0 Å². The average molecular weight is 370 g/mol. The summed E-state index contributed by atoms with van der Waals surface area (Å²) in [6, 6.07) is 2.57. The zero-order valence-electron chi connectivity index (χ0n) is 12.3. The quantitative estimate of drug-likeness (QED) is 0.853. The third kappa shape index (κ3) is 3.10. The molecule has 2 aromatic rings. The molecule has 0 spiro atoms. The fourth-order valence-corrected chi connectivity index (χ4v) is 4.93. The number of thiophene rings is 1. The molecular weight excluding hydrogens is 358 g/mol. The molecule has 24 heavy (non-hydrogen) atoms. The number of sulfonamides is 1. The first-order valence-corrected chi connectivity index (χ1v) is 9.22. The van der Waals surface area contributed by atoms with Gasteiger partial charge < -0.3 is 5.32 Å². The smallest absolute Gasteiger partial charge is 0.266 e. The first kappa shape index (κ1) is 16.7. The molecular formula is C15H12F2N2O3S2. The van der Waals surface area contributed by atoms with Gasteiger partial charge in [-0.05, 0) is 19.1 Å². The molecule has 1 aromatic heterocycles. The van der Waals surface area contributed by atoms with Gasteiger partial charge in [0.25, 0.3) is 5.91 Å². The van der Waals surface area contributed by atoms with E-state index in [1.54, 1.807) is 19.1 Å². The van der Waals surface area contributed by atoms with Crippen LogP contribution in [0.4, 0.5) is 14.5 Å². The molecule has 9 heteroatoms. The molecule has 1 amide bonds. The Bertz CT molecular complexity index is 952. The molecule has 0 radical (unpaired) electrons. The standard InChI is InChI=1S/C15H12F2N2O3S2/c1-8-2-4-10-13(24(21,22)19-8)7-23-14(10)15(20)18-9-3-5-11(16)12(17)6-9/h2-8,19H,1H3,(H,18,20). The summed E-state index contributed by atoms with van der Waals surface area (Å²) in [4.78, 5) is 12.6. The van der Waals surface area contributed by atoms with Crippen LogP contribution in [0.15, 0.2) is 34.6 Å². The minimum Gasteiger partial charge on any atom is -0.321 e. The molecule has 126 valence electrons. The molecule has 0 saturated carbocycles. The highest BCUT2D eigenvalue weighted by Crippen LogP contribution is 2.31. The van der Waals surface area contributed by atoms with Crippen molar-refractivity contribution in [2.45, 2.75) is 17.9 Å². The van der Waals surface area contributed by atoms with Crippen LogP contribution >= 0.6 is 11.3 Å². The van der Waals surface area contributed by atoms with Crippen LogP contribution < -0.4 is 10.0 Å². The third-order valence-electron chi connectivity index (χ3n) is 3.36. The number of hydrogen-bond acceptors (Lipinski definition) is 4. The van der Waals surface area contributed by atoms with Crippen molar-refractivity contribution in [2.24, 2.45) is 0 Å². The van der Waals surface area contributed by atoms with Crippen LogP contribution in [-0.2, 0) is 10.0 Å². The van der Waals surface area contributed by atoms with Crippen LogP contribution in [0.25, 0.3) is 6.08 Å². The van der Waals surface area contributed by atoms with Crippen molar-refractivity contribution in [3.05, 3.63) is 51.7 Å². The zero-order valence-corrected chi connectivity index (χ0v) is 14.0. The van der Waals surface area contributed by atoms with E-state index < -0.39 is 33.6 Å². The second kappa shape index (κ2) is 6.08. The maximum absolute atomic E-state index is 13.2. The predicted octanol–water partition coefficient (Wildman–Crippen LogP) is 2.97. The number of halogens is 2. The number of fused-ring (bicyclic) bond motifs is 1. The fourth-order valence-electron chi connectivity index (χ4n) is 2.24. The molecule has 1 aromatic carbocycles. The lowest BCUT2D eigenvalue weighted by Gasteiger charge is -2.06. The van der Waals surface area contributed by atoms with Crippen molar-refractivity contribution < 1.29 is 22.0 Å². The Morgan fingerprint density at radius 1 is 1.29 bits per heavy atom. The number of hydrogen-bond donors (Lipinski definition) is 2. The van der Waals surface area contributed by atoms with Gasteiger partial charge in [-0.15, -0.1) is 11.3 Å². The third-order valence-corrected chi connectivity index (χ3v) is 6.10. The van der Waals surface area contributed by atoms with Gasteiger partial charge in [-0.25, -0.2) is 21.9 Å². The van der Waals surface area contributed by atoms with Crippen molar-refractivity contribution in [2.75, 3.05) is 5.32 Å². The van der Waals surface area contributed by atoms with Crippen molar-refractivity contribution in [1.82, 2.24) is 4.72 Å². The zero-order chi connectivity index (χ0) is 17.5. The monoisotopic (exact) mass is 370 g/mol. The van der Waals surface area contributed by atoms with E-state index in [2.05, 4.69) is 10.0 Å². The van der Waals surface area contributed by atoms with E-state index >= 15 is 0 Å². The Morgan fingerprint density at radius 2 is 2.04 bits per heavy atom. The first-order chi connectivity index (χ1) is 11.3. The number of amides is 1. The van der Waals surface area contributed by atoms with E-state index in [1.165, 1.54) is 11.4 Å². The van der Waals surface area contributed by atoms with Gasteiger partial charge in [-0.1, -0.05) is 12.2 Å². The Labute approximate surface area is 141 Å². The summed E-state index contributed by atoms with van der Waals surface area (Å²) in [6.07, 6.45) is 3.19. The summed E-state index contributed by atoms with van der Waals surface area (Å²) in [6.45, 7) is 1.67. The second-order valence-electron chi connectivity index (χ2n) is 5.19. The fraction of sp³-hybridized carbons (Fsp3) is 0.133. The molecule has 1 unspecified atom stereocenters. The molecule has 5 nitrogen and oxygen atoms in total. The summed E-state index contributed by atoms with van der Waals surface area (Å²) >= 11 is 0.963. The summed E-state index contributed by atoms with van der Waals surface area (Å²) in [5.41, 5.74) is 0.352. The number of anilines is 1. The molecule has 1 aliphatic heterocycles. The number of rotatable bonds is 2. The van der Waals surface area contributed by atoms with Crippen molar-refractivity contribution in [1.29, 1.82) is 0 Å². The molecule has 0 fully saturated rings. The van der Waals surface area contributed by atoms with E-state index in [4.69, 9.17) is 0 Å². The maximum atomic E-state index is 13.2. The lowest BCUT2D eigenvalue weighted by molar-refractivity contribution is 0.103. The lowest BCUT2D eigenvalue weighted by atomic mass is 10.2. The second-order valence-corrected chi connectivity index (χ2v) is 7.76. The van der Waals surface area contributed by atoms with E-state index in [0.29, 0.717) is 0 Å². The molecule has 2 N–H and O–H groups in total. The van der Waals surface area contributed by atoms with Crippen LogP contribution in [0.1, 0.15) is 22.2 Å². The van der Waals surface area contributed by atoms with Gasteiger partial charge in [0.15, 0.2) is 11.6 Å². The summed E-state index contributed by atoms with van der Waals surface area (Å²) in [7, 11) is -3.72. The summed E-state index contributed by atoms with van der Waals surface area (Å²) in [5.74, 6) is -2.70. The van der Waals surface area contributed by atoms with Crippen LogP contribution in [0.3, 0.4) is 0 Å². The van der Waals surface area contributed by atoms with Gasteiger partial charge in [-0.2, -0.15) is 0 Å². The molecule has 0 aliphatic carbocycles. The molecule has 1 aliphatic rings. The number of benzene rings is 1. The van der Waals surface area contributed by atoms with Crippen LogP contribution in [0.2, 0.25) is 0 Å². The van der Waals surface area contributed by atoms with Gasteiger partial charge in [0.2, 0.25) is 10.0 Å². The Hall–Kier alpha value is -2.10. The summed E-state index contributed by atoms with van der Waals surface area (Å²) < 4.78 is 53.0. The molecule has 1 atom stereocenters. The highest BCUT2D eigenvalue weighted by atomic mass is 32.2. The summed E-state index contributed by atoms with van der Waals surface area (Å²) in [5, 5.41) is 3.81. The minimum absolute atomic E-state index is 0.0172. The maximum Gasteiger partial charge on any atom is 0.266 e. The van der Waals surface area contributed by atoms with Gasteiger partial charge in [0, 0.05) is 28.7 Å². The van der Waals surface area contributed by atoms with Gasteiger partial charge >= 0.3 is 0 Å². The minimum atomic E-state index is -3.72. The van der Waals surface area contributed by atoms with Gasteiger partial charge in [0.05, 0.1) is 0 Å². The highest BCUT2D eigenvalue weighted by Gasteiger charge is 2.27. The van der Waals surface area contributed by atoms with E-state index in [-0.39, 0.29) is 21.0 Å². The Kier molecular flexibility index (Phi) is 4.24. The van der Waals surface area contributed by atoms with Crippen molar-refractivity contribution in [3.8, 4) is 0 Å².